The summed E-state index contributed by atoms with van der Waals surface area (Å²) in [6.45, 7) is 15.3. The molecule has 2 unspecified atom stereocenters. The molecule has 6 heteroatoms. The van der Waals surface area contributed by atoms with Crippen LogP contribution in [0.4, 0.5) is 11.4 Å². The molecule has 0 radical (unpaired) electrons. The molecule has 1 saturated heterocycles. The molecule has 2 nitrogen and oxygen atoms in total. The van der Waals surface area contributed by atoms with Gasteiger partial charge in [-0.15, -0.1) is 28.9 Å². The Morgan fingerprint density at radius 1 is 0.720 bits per heavy atom. The minimum atomic E-state index is -0.514. The number of hydrogen-bond donors (Lipinski definition) is 0. The minimum absolute atomic E-state index is 0. The second-order valence-corrected chi connectivity index (χ2v) is 19.7. The molecule has 3 aliphatic carbocycles. The first-order valence-electron chi connectivity index (χ1n) is 18.6. The fraction of sp³-hybridized carbons (Fsp3) is 0.477. The van der Waals surface area contributed by atoms with E-state index < -0.39 is 12.5 Å². The van der Waals surface area contributed by atoms with E-state index in [2.05, 4.69) is 118 Å². The predicted octanol–water partition coefficient (Wildman–Crippen LogP) is 12.6. The van der Waals surface area contributed by atoms with Crippen LogP contribution in [-0.4, -0.2) is 34.4 Å². The fourth-order valence-electron chi connectivity index (χ4n) is 9.90. The summed E-state index contributed by atoms with van der Waals surface area (Å²) >= 11 is 16.3. The average molecular weight is 813 g/mol. The second-order valence-electron chi connectivity index (χ2n) is 15.3. The van der Waals surface area contributed by atoms with E-state index in [0.717, 1.165) is 30.6 Å². The molecular weight excluding hydrogens is 759 g/mol. The van der Waals surface area contributed by atoms with E-state index in [1.165, 1.54) is 108 Å². The minimum Gasteiger partial charge on any atom is -0.325 e. The summed E-state index contributed by atoms with van der Waals surface area (Å²) in [7, 11) is -0.514. The number of rotatable bonds is 6. The molecule has 4 aliphatic rings. The van der Waals surface area contributed by atoms with Gasteiger partial charge in [0, 0.05) is 55.9 Å². The van der Waals surface area contributed by atoms with E-state index in [-0.39, 0.29) is 24.9 Å². The summed E-state index contributed by atoms with van der Waals surface area (Å²) in [6.07, 6.45) is 13.5. The number of benzene rings is 3. The van der Waals surface area contributed by atoms with Crippen LogP contribution in [0.2, 0.25) is 0 Å². The Balaban J connectivity index is 0.00000432. The number of aryl methyl sites for hydroxylation is 6. The number of hydrogen-bond acceptors (Lipinski definition) is 2. The monoisotopic (exact) mass is 812 g/mol. The van der Waals surface area contributed by atoms with Crippen molar-refractivity contribution in [1.82, 2.24) is 0 Å². The molecule has 3 saturated carbocycles. The van der Waals surface area contributed by atoms with E-state index in [9.17, 15) is 0 Å². The van der Waals surface area contributed by atoms with Crippen molar-refractivity contribution in [2.75, 3.05) is 22.9 Å². The van der Waals surface area contributed by atoms with Gasteiger partial charge < -0.3 is 9.80 Å². The molecule has 4 fully saturated rings. The van der Waals surface area contributed by atoms with Crippen molar-refractivity contribution in [3.05, 3.63) is 116 Å². The molecule has 0 spiro atoms. The first-order chi connectivity index (χ1) is 23.6. The largest absolute Gasteiger partial charge is 0.325 e. The van der Waals surface area contributed by atoms with Crippen molar-refractivity contribution in [2.45, 2.75) is 121 Å². The van der Waals surface area contributed by atoms with Crippen LogP contribution in [0.15, 0.2) is 77.3 Å². The van der Waals surface area contributed by atoms with Crippen molar-refractivity contribution >= 4 is 48.6 Å². The van der Waals surface area contributed by atoms with Crippen LogP contribution in [0, 0.1) is 41.5 Å². The van der Waals surface area contributed by atoms with Gasteiger partial charge in [-0.2, -0.15) is 0 Å². The Bertz CT molecular complexity index is 1690. The van der Waals surface area contributed by atoms with Crippen LogP contribution in [0.25, 0.3) is 6.08 Å². The van der Waals surface area contributed by atoms with Gasteiger partial charge >= 0.3 is 0 Å². The van der Waals surface area contributed by atoms with Gasteiger partial charge in [0.05, 0.1) is 9.99 Å². The number of alkyl halides is 2. The smallest absolute Gasteiger partial charge is 0.114 e. The van der Waals surface area contributed by atoms with E-state index in [1.807, 2.05) is 0 Å². The molecule has 0 bridgehead atoms. The van der Waals surface area contributed by atoms with Gasteiger partial charge in [0.2, 0.25) is 0 Å². The third-order valence-electron chi connectivity index (χ3n) is 11.6. The molecule has 2 atom stereocenters. The van der Waals surface area contributed by atoms with Gasteiger partial charge in [-0.05, 0) is 118 Å². The molecule has 50 heavy (non-hydrogen) atoms. The number of anilines is 2. The van der Waals surface area contributed by atoms with Gasteiger partial charge in [-0.25, -0.2) is 0 Å². The van der Waals surface area contributed by atoms with E-state index in [0.29, 0.717) is 11.3 Å². The third-order valence-corrected chi connectivity index (χ3v) is 16.8. The maximum Gasteiger partial charge on any atom is 0.114 e. The zero-order chi connectivity index (χ0) is 34.4. The van der Waals surface area contributed by atoms with Gasteiger partial charge in [-0.1, -0.05) is 99.3 Å². The quantitative estimate of drug-likeness (QED) is 0.106. The average Bonchev–Trinajstić information content (AvgIpc) is 3.86. The van der Waals surface area contributed by atoms with Crippen molar-refractivity contribution in [3.8, 4) is 0 Å². The Morgan fingerprint density at radius 3 is 1.60 bits per heavy atom. The molecule has 0 N–H and O–H groups in total. The SMILES string of the molecule is Cc1cc(C)c(N2CCN(c3c(C)cc(C)cc3C)C2=C2CC(Cl)(P(C3CCCC3)C3CCCC3)C(=C=Cc3ccccc3)C2Cl)c(C)c1.[Ru]. The number of allylic oxidation sites excluding steroid dienone is 2. The zero-order valence-electron chi connectivity index (χ0n) is 30.7. The zero-order valence-corrected chi connectivity index (χ0v) is 34.9. The van der Waals surface area contributed by atoms with Gasteiger partial charge in [-0.3, -0.25) is 0 Å². The molecule has 1 aliphatic heterocycles. The Hall–Kier alpha value is -1.85. The van der Waals surface area contributed by atoms with Crippen LogP contribution >= 0.6 is 31.1 Å². The van der Waals surface area contributed by atoms with Gasteiger partial charge in [0.15, 0.2) is 0 Å². The molecule has 0 aromatic heterocycles. The first-order valence-corrected chi connectivity index (χ1v) is 20.9. The normalized spacial score (nSPS) is 23.0. The molecule has 3 aromatic carbocycles. The summed E-state index contributed by atoms with van der Waals surface area (Å²) in [5.74, 6) is 1.25. The molecular formula is C44H53Cl2N2PRu. The summed E-state index contributed by atoms with van der Waals surface area (Å²) in [6, 6.07) is 19.9. The van der Waals surface area contributed by atoms with Crippen LogP contribution in [0.5, 0.6) is 0 Å². The van der Waals surface area contributed by atoms with E-state index in [1.54, 1.807) is 0 Å². The summed E-state index contributed by atoms with van der Waals surface area (Å²) < 4.78 is -0.506. The predicted molar refractivity (Wildman–Crippen MR) is 215 cm³/mol. The summed E-state index contributed by atoms with van der Waals surface area (Å²) in [5.41, 5.74) is 19.3. The summed E-state index contributed by atoms with van der Waals surface area (Å²) in [4.78, 5) is 5.20. The Kier molecular flexibility index (Phi) is 11.8. The third kappa shape index (κ3) is 7.10. The topological polar surface area (TPSA) is 6.48 Å². The van der Waals surface area contributed by atoms with Crippen molar-refractivity contribution < 1.29 is 19.5 Å². The number of halogens is 2. The van der Waals surface area contributed by atoms with Gasteiger partial charge in [0.1, 0.15) is 5.82 Å². The molecule has 1 heterocycles. The van der Waals surface area contributed by atoms with Crippen LogP contribution in [0.3, 0.4) is 0 Å². The van der Waals surface area contributed by atoms with Crippen LogP contribution in [0.1, 0.15) is 96.7 Å². The van der Waals surface area contributed by atoms with Crippen molar-refractivity contribution in [2.24, 2.45) is 0 Å². The van der Waals surface area contributed by atoms with Crippen molar-refractivity contribution in [1.29, 1.82) is 0 Å². The van der Waals surface area contributed by atoms with Crippen LogP contribution < -0.4 is 9.80 Å². The molecule has 7 rings (SSSR count). The Morgan fingerprint density at radius 2 is 1.16 bits per heavy atom. The van der Waals surface area contributed by atoms with Crippen molar-refractivity contribution in [3.63, 3.8) is 0 Å². The Labute approximate surface area is 325 Å². The second kappa shape index (κ2) is 15.6. The molecule has 3 aromatic rings. The van der Waals surface area contributed by atoms with E-state index >= 15 is 0 Å². The molecule has 0 amide bonds. The number of nitrogens with zero attached hydrogens (tertiary/aromatic N) is 2. The van der Waals surface area contributed by atoms with Gasteiger partial charge in [0.25, 0.3) is 0 Å². The summed E-state index contributed by atoms with van der Waals surface area (Å²) in [5, 5.41) is -0.319. The maximum atomic E-state index is 8.40. The van der Waals surface area contributed by atoms with Crippen LogP contribution in [-0.2, 0) is 19.5 Å². The first kappa shape index (κ1) is 37.9. The molecule has 266 valence electrons. The van der Waals surface area contributed by atoms with E-state index in [4.69, 9.17) is 23.2 Å². The maximum absolute atomic E-state index is 8.40. The standard InChI is InChI=1S/C44H53Cl2N2P.Ru/c1-29-24-31(3)41(32(4)25-29)47-22-23-48(42-33(5)26-30(2)27-34(42)6)43(47)38-28-44(46,39(40(38)45)21-20-35-14-8-7-9-15-35)49(36-16-10-11-17-36)37-18-12-13-19-37;/h7-9,14-15,20,24-27,36-37,40H,10-13,16-19,22-23,28H2,1-6H3;. The fourth-order valence-corrected chi connectivity index (χ4v) is 16.0.